The van der Waals surface area contributed by atoms with E-state index in [-0.39, 0.29) is 5.91 Å². The van der Waals surface area contributed by atoms with Gasteiger partial charge in [-0.15, -0.1) is 0 Å². The minimum Gasteiger partial charge on any atom is -0.352 e. The quantitative estimate of drug-likeness (QED) is 0.474. The molecule has 6 heteroatoms. The van der Waals surface area contributed by atoms with Crippen LogP contribution in [0, 0.1) is 0 Å². The molecule has 0 atom stereocenters. The SMILES string of the molecule is CCc1nc2ccc(C(=O)NCCc3nccn3Cc3ccccc3)cc2nc1CC. The van der Waals surface area contributed by atoms with Crippen molar-refractivity contribution in [2.75, 3.05) is 6.54 Å². The lowest BCUT2D eigenvalue weighted by molar-refractivity contribution is 0.0954. The van der Waals surface area contributed by atoms with Crippen LogP contribution in [0.4, 0.5) is 0 Å². The fourth-order valence-corrected chi connectivity index (χ4v) is 3.72. The zero-order valence-corrected chi connectivity index (χ0v) is 18.0. The number of hydrogen-bond acceptors (Lipinski definition) is 4. The molecule has 0 fully saturated rings. The molecular formula is C25H27N5O. The van der Waals surface area contributed by atoms with Crippen molar-refractivity contribution in [3.8, 4) is 0 Å². The zero-order valence-electron chi connectivity index (χ0n) is 18.0. The van der Waals surface area contributed by atoms with Crippen LogP contribution in [0.25, 0.3) is 11.0 Å². The lowest BCUT2D eigenvalue weighted by atomic mass is 10.1. The van der Waals surface area contributed by atoms with Gasteiger partial charge in [0.05, 0.1) is 22.4 Å². The van der Waals surface area contributed by atoms with Gasteiger partial charge in [-0.3, -0.25) is 4.79 Å². The number of hydrogen-bond donors (Lipinski definition) is 1. The molecule has 0 spiro atoms. The maximum atomic E-state index is 12.7. The monoisotopic (exact) mass is 413 g/mol. The summed E-state index contributed by atoms with van der Waals surface area (Å²) >= 11 is 0. The molecule has 4 aromatic rings. The smallest absolute Gasteiger partial charge is 0.251 e. The molecule has 0 radical (unpaired) electrons. The van der Waals surface area contributed by atoms with Gasteiger partial charge in [0.15, 0.2) is 0 Å². The number of carbonyl (C=O) groups is 1. The number of benzene rings is 2. The van der Waals surface area contributed by atoms with Crippen LogP contribution >= 0.6 is 0 Å². The number of nitrogens with zero attached hydrogens (tertiary/aromatic N) is 4. The van der Waals surface area contributed by atoms with Gasteiger partial charge in [0, 0.05) is 37.5 Å². The molecule has 0 aliphatic carbocycles. The lowest BCUT2D eigenvalue weighted by Gasteiger charge is -2.10. The molecule has 6 nitrogen and oxygen atoms in total. The van der Waals surface area contributed by atoms with Crippen LogP contribution in [-0.4, -0.2) is 32.0 Å². The predicted octanol–water partition coefficient (Wildman–Crippen LogP) is 3.97. The topological polar surface area (TPSA) is 72.7 Å². The summed E-state index contributed by atoms with van der Waals surface area (Å²) in [6.45, 7) is 5.45. The Hall–Kier alpha value is -3.54. The van der Waals surface area contributed by atoms with E-state index >= 15 is 0 Å². The molecule has 1 amide bonds. The largest absolute Gasteiger partial charge is 0.352 e. The second-order valence-electron chi connectivity index (χ2n) is 7.49. The van der Waals surface area contributed by atoms with Crippen LogP contribution in [-0.2, 0) is 25.8 Å². The van der Waals surface area contributed by atoms with Crippen molar-refractivity contribution in [3.63, 3.8) is 0 Å². The molecule has 2 aromatic heterocycles. The highest BCUT2D eigenvalue weighted by molar-refractivity contribution is 5.97. The molecule has 0 aliphatic heterocycles. The molecule has 0 saturated carbocycles. The van der Waals surface area contributed by atoms with E-state index in [2.05, 4.69) is 40.8 Å². The average molecular weight is 414 g/mol. The van der Waals surface area contributed by atoms with Gasteiger partial charge < -0.3 is 9.88 Å². The van der Waals surface area contributed by atoms with Crippen LogP contribution in [0.5, 0.6) is 0 Å². The third-order valence-electron chi connectivity index (χ3n) is 5.38. The summed E-state index contributed by atoms with van der Waals surface area (Å²) in [6.07, 6.45) is 6.13. The second kappa shape index (κ2) is 9.51. The Morgan fingerprint density at radius 2 is 1.71 bits per heavy atom. The lowest BCUT2D eigenvalue weighted by Crippen LogP contribution is -2.26. The number of aromatic nitrogens is 4. The summed E-state index contributed by atoms with van der Waals surface area (Å²) in [5.41, 5.74) is 5.44. The number of fused-ring (bicyclic) bond motifs is 1. The molecule has 0 aliphatic rings. The third-order valence-corrected chi connectivity index (χ3v) is 5.38. The molecule has 0 bridgehead atoms. The summed E-state index contributed by atoms with van der Waals surface area (Å²) in [4.78, 5) is 26.6. The second-order valence-corrected chi connectivity index (χ2v) is 7.49. The normalized spacial score (nSPS) is 11.0. The van der Waals surface area contributed by atoms with Gasteiger partial charge >= 0.3 is 0 Å². The van der Waals surface area contributed by atoms with E-state index in [9.17, 15) is 4.79 Å². The highest BCUT2D eigenvalue weighted by Gasteiger charge is 2.11. The van der Waals surface area contributed by atoms with Crippen LogP contribution in [0.3, 0.4) is 0 Å². The summed E-state index contributed by atoms with van der Waals surface area (Å²) in [6, 6.07) is 15.8. The standard InChI is InChI=1S/C25H27N5O/c1-3-20-21(4-2)29-23-16-19(10-11-22(23)28-20)25(31)27-13-12-24-26-14-15-30(24)17-18-8-6-5-7-9-18/h5-11,14-16H,3-4,12-13,17H2,1-2H3,(H,27,31). The van der Waals surface area contributed by atoms with Crippen molar-refractivity contribution in [3.05, 3.63) is 89.3 Å². The minimum atomic E-state index is -0.109. The summed E-state index contributed by atoms with van der Waals surface area (Å²) < 4.78 is 2.12. The maximum absolute atomic E-state index is 12.7. The fraction of sp³-hybridized carbons (Fsp3) is 0.280. The molecule has 0 saturated heterocycles. The van der Waals surface area contributed by atoms with Gasteiger partial charge in [-0.1, -0.05) is 44.2 Å². The first kappa shape index (κ1) is 20.7. The number of nitrogens with one attached hydrogen (secondary N) is 1. The summed E-state index contributed by atoms with van der Waals surface area (Å²) in [5, 5.41) is 3.00. The van der Waals surface area contributed by atoms with E-state index in [0.29, 0.717) is 18.5 Å². The average Bonchev–Trinajstić information content (AvgIpc) is 3.25. The predicted molar refractivity (Wildman–Crippen MR) is 122 cm³/mol. The number of amides is 1. The van der Waals surface area contributed by atoms with Crippen molar-refractivity contribution in [1.29, 1.82) is 0 Å². The first-order valence-electron chi connectivity index (χ1n) is 10.8. The van der Waals surface area contributed by atoms with Crippen LogP contribution in [0.2, 0.25) is 0 Å². The number of rotatable bonds is 8. The van der Waals surface area contributed by atoms with E-state index in [1.54, 1.807) is 6.20 Å². The molecule has 31 heavy (non-hydrogen) atoms. The number of imidazole rings is 1. The molecule has 2 heterocycles. The Morgan fingerprint density at radius 1 is 0.968 bits per heavy atom. The molecule has 2 aromatic carbocycles. The van der Waals surface area contributed by atoms with E-state index < -0.39 is 0 Å². The van der Waals surface area contributed by atoms with Gasteiger partial charge in [0.2, 0.25) is 0 Å². The first-order valence-corrected chi connectivity index (χ1v) is 10.8. The third kappa shape index (κ3) is 4.79. The van der Waals surface area contributed by atoms with Gasteiger partial charge in [0.25, 0.3) is 5.91 Å². The zero-order chi connectivity index (χ0) is 21.6. The summed E-state index contributed by atoms with van der Waals surface area (Å²) in [7, 11) is 0. The molecule has 1 N–H and O–H groups in total. The Kier molecular flexibility index (Phi) is 6.36. The molecular weight excluding hydrogens is 386 g/mol. The van der Waals surface area contributed by atoms with Crippen molar-refractivity contribution in [2.45, 2.75) is 39.7 Å². The van der Waals surface area contributed by atoms with Crippen molar-refractivity contribution in [1.82, 2.24) is 24.8 Å². The van der Waals surface area contributed by atoms with E-state index in [1.165, 1.54) is 5.56 Å². The number of aryl methyl sites for hydroxylation is 2. The van der Waals surface area contributed by atoms with Crippen LogP contribution in [0.1, 0.15) is 47.0 Å². The number of carbonyl (C=O) groups excluding carboxylic acids is 1. The summed E-state index contributed by atoms with van der Waals surface area (Å²) in [5.74, 6) is 0.843. The van der Waals surface area contributed by atoms with E-state index in [0.717, 1.165) is 47.6 Å². The van der Waals surface area contributed by atoms with Gasteiger partial charge in [-0.2, -0.15) is 0 Å². The van der Waals surface area contributed by atoms with Crippen LogP contribution < -0.4 is 5.32 Å². The van der Waals surface area contributed by atoms with Crippen molar-refractivity contribution in [2.24, 2.45) is 0 Å². The maximum Gasteiger partial charge on any atom is 0.251 e. The van der Waals surface area contributed by atoms with Crippen LogP contribution in [0.15, 0.2) is 60.9 Å². The Labute approximate surface area is 182 Å². The Balaban J connectivity index is 1.40. The minimum absolute atomic E-state index is 0.109. The van der Waals surface area contributed by atoms with Gasteiger partial charge in [0.1, 0.15) is 5.82 Å². The highest BCUT2D eigenvalue weighted by atomic mass is 16.1. The van der Waals surface area contributed by atoms with E-state index in [4.69, 9.17) is 9.97 Å². The highest BCUT2D eigenvalue weighted by Crippen LogP contribution is 2.16. The van der Waals surface area contributed by atoms with Crippen molar-refractivity contribution < 1.29 is 4.79 Å². The molecule has 4 rings (SSSR count). The molecule has 158 valence electrons. The Bertz CT molecular complexity index is 1180. The molecule has 0 unspecified atom stereocenters. The van der Waals surface area contributed by atoms with Crippen molar-refractivity contribution >= 4 is 16.9 Å². The van der Waals surface area contributed by atoms with Gasteiger partial charge in [-0.05, 0) is 36.6 Å². The fourth-order valence-electron chi connectivity index (χ4n) is 3.72. The first-order chi connectivity index (χ1) is 15.2. The Morgan fingerprint density at radius 3 is 2.45 bits per heavy atom. The van der Waals surface area contributed by atoms with E-state index in [1.807, 2.05) is 42.6 Å². The van der Waals surface area contributed by atoms with Gasteiger partial charge in [-0.25, -0.2) is 15.0 Å².